The van der Waals surface area contributed by atoms with Crippen molar-refractivity contribution in [1.29, 1.82) is 0 Å². The van der Waals surface area contributed by atoms with Crippen LogP contribution in [0.25, 0.3) is 0 Å². The number of carbonyl (C=O) groups excluding carboxylic acids is 3. The molecule has 0 radical (unpaired) electrons. The highest BCUT2D eigenvalue weighted by atomic mass is 32.2. The number of aliphatic hydroxyl groups excluding tert-OH is 1. The Morgan fingerprint density at radius 3 is 2.26 bits per heavy atom. The molecule has 2 bridgehead atoms. The van der Waals surface area contributed by atoms with Gasteiger partial charge in [0.2, 0.25) is 17.7 Å². The first-order valence-electron chi connectivity index (χ1n) is 15.2. The van der Waals surface area contributed by atoms with E-state index in [1.54, 1.807) is 28.8 Å². The van der Waals surface area contributed by atoms with Crippen molar-refractivity contribution >= 4 is 46.5 Å². The Bertz CT molecular complexity index is 1270. The van der Waals surface area contributed by atoms with Crippen molar-refractivity contribution in [2.75, 3.05) is 48.4 Å². The molecule has 2 unspecified atom stereocenters. The number of rotatable bonds is 13. The van der Waals surface area contributed by atoms with Gasteiger partial charge in [-0.2, -0.15) is 0 Å². The average molecular weight is 595 g/mol. The first-order chi connectivity index (χ1) is 20.4. The molecule has 1 spiro atoms. The number of carbonyl (C=O) groups is 3. The summed E-state index contributed by atoms with van der Waals surface area (Å²) in [6, 6.07) is 14.4. The Morgan fingerprint density at radius 2 is 1.64 bits per heavy atom. The van der Waals surface area contributed by atoms with Gasteiger partial charge in [0.25, 0.3) is 0 Å². The molecule has 9 nitrogen and oxygen atoms in total. The Hall–Kier alpha value is -3.24. The molecule has 0 aromatic heterocycles. The largest absolute Gasteiger partial charge is 0.494 e. The summed E-state index contributed by atoms with van der Waals surface area (Å²) in [4.78, 5) is 45.7. The summed E-state index contributed by atoms with van der Waals surface area (Å²) in [5, 5.41) is 15.5. The highest BCUT2D eigenvalue weighted by molar-refractivity contribution is 8.02. The molecule has 3 N–H and O–H groups in total. The van der Waals surface area contributed by atoms with Gasteiger partial charge in [-0.3, -0.25) is 14.4 Å². The Morgan fingerprint density at radius 1 is 1.00 bits per heavy atom. The number of aliphatic hydroxyl groups is 1. The number of thioether (sulfide) groups is 1. The minimum absolute atomic E-state index is 0.0232. The standard InChI is InChI=1S/C32H42N4O5S/c1-4-35(5-2)23-13-9-21(10-14-23)34-30(39)28-32-18-17-25(42-32)26(27(32)31(40)36(28)19-7-8-20-37)29(38)33-22-11-15-24(16-12-22)41-6-3/h9-16,25-28,37H,4-8,17-20H2,1-3H3,(H,33,38)(H,34,39)/t25-,26+,27-,28?,32?/m0/s1. The second kappa shape index (κ2) is 13.0. The zero-order valence-corrected chi connectivity index (χ0v) is 25.5. The molecule has 3 fully saturated rings. The van der Waals surface area contributed by atoms with Crippen LogP contribution >= 0.6 is 11.8 Å². The fraction of sp³-hybridized carbons (Fsp3) is 0.531. The number of hydrogen-bond donors (Lipinski definition) is 3. The Kier molecular flexibility index (Phi) is 9.32. The van der Waals surface area contributed by atoms with E-state index in [0.29, 0.717) is 43.8 Å². The summed E-state index contributed by atoms with van der Waals surface area (Å²) >= 11 is 1.65. The van der Waals surface area contributed by atoms with Crippen molar-refractivity contribution in [2.45, 2.75) is 62.5 Å². The SMILES string of the molecule is CCOc1ccc(NC(=O)[C@@H]2[C@@H]3CCC4(S3)C(C(=O)Nc3ccc(N(CC)CC)cc3)N(CCCCO)C(=O)[C@H]24)cc1. The molecule has 0 saturated carbocycles. The average Bonchev–Trinajstić information content (AvgIpc) is 3.63. The zero-order valence-electron chi connectivity index (χ0n) is 24.7. The number of nitrogens with zero attached hydrogens (tertiary/aromatic N) is 2. The summed E-state index contributed by atoms with van der Waals surface area (Å²) in [5.74, 6) is -0.892. The number of amides is 3. The van der Waals surface area contributed by atoms with Crippen molar-refractivity contribution in [1.82, 2.24) is 4.90 Å². The van der Waals surface area contributed by atoms with Crippen LogP contribution in [0.2, 0.25) is 0 Å². The normalized spacial score (nSPS) is 25.8. The van der Waals surface area contributed by atoms with Crippen LogP contribution < -0.4 is 20.3 Å². The first kappa shape index (κ1) is 30.2. The molecule has 5 rings (SSSR count). The van der Waals surface area contributed by atoms with E-state index in [4.69, 9.17) is 4.74 Å². The molecule has 3 aliphatic rings. The van der Waals surface area contributed by atoms with E-state index in [1.807, 2.05) is 43.3 Å². The summed E-state index contributed by atoms with van der Waals surface area (Å²) in [6.07, 6.45) is 2.62. The van der Waals surface area contributed by atoms with Crippen molar-refractivity contribution in [3.8, 4) is 5.75 Å². The molecule has 3 amide bonds. The number of hydrogen-bond acceptors (Lipinski definition) is 7. The maximum absolute atomic E-state index is 14.1. The number of anilines is 3. The third kappa shape index (κ3) is 5.58. The summed E-state index contributed by atoms with van der Waals surface area (Å²) < 4.78 is 4.85. The van der Waals surface area contributed by atoms with E-state index in [0.717, 1.165) is 30.9 Å². The van der Waals surface area contributed by atoms with Crippen molar-refractivity contribution in [3.05, 3.63) is 48.5 Å². The lowest BCUT2D eigenvalue weighted by molar-refractivity contribution is -0.138. The van der Waals surface area contributed by atoms with Crippen molar-refractivity contribution in [3.63, 3.8) is 0 Å². The van der Waals surface area contributed by atoms with Crippen LogP contribution in [0.3, 0.4) is 0 Å². The molecule has 3 heterocycles. The molecule has 5 atom stereocenters. The molecule has 2 aromatic carbocycles. The number of fused-ring (bicyclic) bond motifs is 1. The number of nitrogens with one attached hydrogen (secondary N) is 2. The molecular weight excluding hydrogens is 552 g/mol. The molecule has 10 heteroatoms. The van der Waals surface area contributed by atoms with Crippen LogP contribution in [0.15, 0.2) is 48.5 Å². The third-order valence-electron chi connectivity index (χ3n) is 8.85. The topological polar surface area (TPSA) is 111 Å². The second-order valence-electron chi connectivity index (χ2n) is 11.2. The van der Waals surface area contributed by atoms with Crippen LogP contribution in [0.5, 0.6) is 5.75 Å². The molecule has 0 aliphatic carbocycles. The second-order valence-corrected chi connectivity index (χ2v) is 12.8. The van der Waals surface area contributed by atoms with Crippen molar-refractivity contribution in [2.24, 2.45) is 11.8 Å². The van der Waals surface area contributed by atoms with Crippen LogP contribution in [-0.4, -0.2) is 76.6 Å². The summed E-state index contributed by atoms with van der Waals surface area (Å²) in [7, 11) is 0. The van der Waals surface area contributed by atoms with Gasteiger partial charge in [-0.1, -0.05) is 0 Å². The van der Waals surface area contributed by atoms with E-state index < -0.39 is 22.6 Å². The smallest absolute Gasteiger partial charge is 0.248 e. The Balaban J connectivity index is 1.38. The summed E-state index contributed by atoms with van der Waals surface area (Å²) in [5.41, 5.74) is 2.42. The van der Waals surface area contributed by atoms with Gasteiger partial charge < -0.3 is 30.3 Å². The number of unbranched alkanes of at least 4 members (excludes halogenated alkanes) is 1. The molecule has 42 heavy (non-hydrogen) atoms. The number of benzene rings is 2. The van der Waals surface area contributed by atoms with E-state index in [9.17, 15) is 19.5 Å². The fourth-order valence-corrected chi connectivity index (χ4v) is 9.19. The quantitative estimate of drug-likeness (QED) is 0.295. The maximum atomic E-state index is 14.1. The minimum Gasteiger partial charge on any atom is -0.494 e. The monoisotopic (exact) mass is 594 g/mol. The highest BCUT2D eigenvalue weighted by Crippen LogP contribution is 2.66. The maximum Gasteiger partial charge on any atom is 0.248 e. The molecular formula is C32H42N4O5S. The molecule has 3 saturated heterocycles. The van der Waals surface area contributed by atoms with Gasteiger partial charge in [-0.05, 0) is 95.0 Å². The van der Waals surface area contributed by atoms with Gasteiger partial charge in [-0.15, -0.1) is 11.8 Å². The lowest BCUT2D eigenvalue weighted by Gasteiger charge is -2.34. The van der Waals surface area contributed by atoms with Crippen molar-refractivity contribution < 1.29 is 24.2 Å². The van der Waals surface area contributed by atoms with E-state index >= 15 is 0 Å². The lowest BCUT2D eigenvalue weighted by atomic mass is 9.70. The highest BCUT2D eigenvalue weighted by Gasteiger charge is 2.73. The predicted molar refractivity (Wildman–Crippen MR) is 167 cm³/mol. The number of likely N-dealkylation sites (tertiary alicyclic amines) is 1. The van der Waals surface area contributed by atoms with E-state index in [1.165, 1.54) is 0 Å². The van der Waals surface area contributed by atoms with Gasteiger partial charge in [0.1, 0.15) is 11.8 Å². The van der Waals surface area contributed by atoms with Gasteiger partial charge >= 0.3 is 0 Å². The number of ether oxygens (including phenoxy) is 1. The van der Waals surface area contributed by atoms with Gasteiger partial charge in [-0.25, -0.2) is 0 Å². The van der Waals surface area contributed by atoms with Gasteiger partial charge in [0.05, 0.1) is 23.2 Å². The molecule has 3 aliphatic heterocycles. The first-order valence-corrected chi connectivity index (χ1v) is 16.0. The minimum atomic E-state index is -0.686. The van der Waals surface area contributed by atoms with E-state index in [2.05, 4.69) is 29.4 Å². The van der Waals surface area contributed by atoms with Gasteiger partial charge in [0, 0.05) is 48.6 Å². The van der Waals surface area contributed by atoms with Crippen LogP contribution in [0, 0.1) is 11.8 Å². The fourth-order valence-electron chi connectivity index (χ4n) is 6.97. The molecule has 2 aromatic rings. The predicted octanol–water partition coefficient (Wildman–Crippen LogP) is 4.37. The Labute approximate surface area is 252 Å². The molecule has 226 valence electrons. The van der Waals surface area contributed by atoms with Crippen LogP contribution in [0.4, 0.5) is 17.1 Å². The summed E-state index contributed by atoms with van der Waals surface area (Å²) in [6.45, 7) is 8.87. The van der Waals surface area contributed by atoms with Gasteiger partial charge in [0.15, 0.2) is 0 Å². The lowest BCUT2D eigenvalue weighted by Crippen LogP contribution is -2.51. The zero-order chi connectivity index (χ0) is 29.9. The van der Waals surface area contributed by atoms with Crippen LogP contribution in [-0.2, 0) is 14.4 Å². The van der Waals surface area contributed by atoms with Crippen LogP contribution in [0.1, 0.15) is 46.5 Å². The van der Waals surface area contributed by atoms with E-state index in [-0.39, 0.29) is 29.6 Å². The third-order valence-corrected chi connectivity index (χ3v) is 10.8.